The van der Waals surface area contributed by atoms with E-state index in [1.807, 2.05) is 6.92 Å². The Morgan fingerprint density at radius 3 is 2.60 bits per heavy atom. The van der Waals surface area contributed by atoms with E-state index in [2.05, 4.69) is 31.6 Å². The average molecular weight is 251 g/mol. The number of hydrogen-bond acceptors (Lipinski definition) is 4. The zero-order valence-electron chi connectivity index (χ0n) is 10.2. The molecule has 0 fully saturated rings. The molecule has 0 aromatic carbocycles. The third-order valence-electron chi connectivity index (χ3n) is 2.08. The predicted octanol–water partition coefficient (Wildman–Crippen LogP) is 1.18. The molecular weight excluding hydrogens is 226 g/mol. The highest BCUT2D eigenvalue weighted by Gasteiger charge is 2.11. The lowest BCUT2D eigenvalue weighted by Gasteiger charge is -2.17. The Kier molecular flexibility index (Phi) is 11.3. The topological polar surface area (TPSA) is 21.7 Å². The van der Waals surface area contributed by atoms with Crippen molar-refractivity contribution in [3.8, 4) is 0 Å². The number of likely N-dealkylation sites (N-methyl/N-ethyl adjacent to an activating group) is 1. The maximum Gasteiger partial charge on any atom is 0.202 e. The van der Waals surface area contributed by atoms with Crippen LogP contribution in [0, 0.1) is 0 Å². The van der Waals surface area contributed by atoms with Gasteiger partial charge in [-0.1, -0.05) is 0 Å². The second kappa shape index (κ2) is 10.9. The van der Waals surface area contributed by atoms with Gasteiger partial charge in [-0.2, -0.15) is 12.6 Å². The van der Waals surface area contributed by atoms with Crippen LogP contribution in [0.4, 0.5) is 0 Å². The number of ether oxygens (including phenoxy) is 1. The molecule has 0 saturated heterocycles. The highest BCUT2D eigenvalue weighted by atomic mass is 32.1. The Morgan fingerprint density at radius 2 is 2.07 bits per heavy atom. The second-order valence-corrected chi connectivity index (χ2v) is 6.76. The van der Waals surface area contributed by atoms with Crippen LogP contribution in [-0.2, 0) is 9.16 Å². The van der Waals surface area contributed by atoms with Gasteiger partial charge in [0.2, 0.25) is 9.04 Å². The summed E-state index contributed by atoms with van der Waals surface area (Å²) in [5, 5.41) is 0. The van der Waals surface area contributed by atoms with Crippen LogP contribution in [0.5, 0.6) is 0 Å². The fraction of sp³-hybridized carbons (Fsp3) is 1.00. The SMILES string of the molecule is CCOC[SiH](CCCS)OCCN(C)C. The Hall–Kier alpha value is 0.447. The van der Waals surface area contributed by atoms with Crippen LogP contribution in [0.2, 0.25) is 6.04 Å². The highest BCUT2D eigenvalue weighted by Crippen LogP contribution is 2.02. The van der Waals surface area contributed by atoms with Crippen molar-refractivity contribution in [1.82, 2.24) is 4.90 Å². The highest BCUT2D eigenvalue weighted by molar-refractivity contribution is 7.80. The molecule has 0 saturated carbocycles. The summed E-state index contributed by atoms with van der Waals surface area (Å²) in [6, 6.07) is 1.18. The quantitative estimate of drug-likeness (QED) is 0.465. The largest absolute Gasteiger partial charge is 0.416 e. The molecule has 92 valence electrons. The maximum absolute atomic E-state index is 5.90. The van der Waals surface area contributed by atoms with Crippen molar-refractivity contribution in [2.75, 3.05) is 45.8 Å². The predicted molar refractivity (Wildman–Crippen MR) is 71.4 cm³/mol. The normalized spacial score (nSPS) is 13.4. The van der Waals surface area contributed by atoms with Crippen molar-refractivity contribution < 1.29 is 9.16 Å². The molecule has 1 atom stereocenters. The summed E-state index contributed by atoms with van der Waals surface area (Å²) in [6.07, 6.45) is 1.99. The molecule has 0 aromatic rings. The minimum atomic E-state index is -1.13. The van der Waals surface area contributed by atoms with Crippen LogP contribution in [0.1, 0.15) is 13.3 Å². The summed E-state index contributed by atoms with van der Waals surface area (Å²) in [5.41, 5.74) is 0. The average Bonchev–Trinajstić information content (AvgIpc) is 2.20. The van der Waals surface area contributed by atoms with Crippen molar-refractivity contribution in [3.05, 3.63) is 0 Å². The summed E-state index contributed by atoms with van der Waals surface area (Å²) in [5.74, 6) is 0.951. The summed E-state index contributed by atoms with van der Waals surface area (Å²) in [4.78, 5) is 2.14. The third kappa shape index (κ3) is 10.7. The number of nitrogens with zero attached hydrogens (tertiary/aromatic N) is 1. The Morgan fingerprint density at radius 1 is 1.33 bits per heavy atom. The van der Waals surface area contributed by atoms with E-state index < -0.39 is 9.04 Å². The van der Waals surface area contributed by atoms with Crippen molar-refractivity contribution in [2.24, 2.45) is 0 Å². The first-order valence-corrected chi connectivity index (χ1v) is 8.39. The second-order valence-electron chi connectivity index (χ2n) is 3.82. The van der Waals surface area contributed by atoms with Crippen LogP contribution in [0.25, 0.3) is 0 Å². The fourth-order valence-corrected chi connectivity index (χ4v) is 3.74. The first-order valence-electron chi connectivity index (χ1n) is 5.65. The van der Waals surface area contributed by atoms with Gasteiger partial charge in [0, 0.05) is 19.8 Å². The van der Waals surface area contributed by atoms with E-state index in [1.165, 1.54) is 6.04 Å². The molecule has 0 spiro atoms. The molecule has 0 aliphatic rings. The summed E-state index contributed by atoms with van der Waals surface area (Å²) >= 11 is 4.23. The van der Waals surface area contributed by atoms with Gasteiger partial charge in [-0.15, -0.1) is 0 Å². The van der Waals surface area contributed by atoms with E-state index in [0.29, 0.717) is 0 Å². The Balaban J connectivity index is 3.58. The van der Waals surface area contributed by atoms with E-state index in [9.17, 15) is 0 Å². The first-order chi connectivity index (χ1) is 7.20. The molecule has 0 amide bonds. The van der Waals surface area contributed by atoms with Crippen molar-refractivity contribution >= 4 is 21.7 Å². The Bertz CT molecular complexity index is 131. The van der Waals surface area contributed by atoms with Crippen LogP contribution in [0.15, 0.2) is 0 Å². The van der Waals surface area contributed by atoms with Gasteiger partial charge in [-0.3, -0.25) is 0 Å². The summed E-state index contributed by atoms with van der Waals surface area (Å²) in [6.45, 7) is 4.66. The molecule has 0 rings (SSSR count). The van der Waals surface area contributed by atoms with Gasteiger partial charge in [-0.25, -0.2) is 0 Å². The smallest absolute Gasteiger partial charge is 0.202 e. The van der Waals surface area contributed by atoms with E-state index in [4.69, 9.17) is 9.16 Å². The van der Waals surface area contributed by atoms with Gasteiger partial charge in [0.1, 0.15) is 0 Å². The molecule has 0 aromatic heterocycles. The van der Waals surface area contributed by atoms with Gasteiger partial charge >= 0.3 is 0 Å². The molecule has 0 radical (unpaired) electrons. The van der Waals surface area contributed by atoms with Gasteiger partial charge in [0.15, 0.2) is 0 Å². The minimum Gasteiger partial charge on any atom is -0.416 e. The van der Waals surface area contributed by atoms with Gasteiger partial charge in [-0.05, 0) is 39.2 Å². The van der Waals surface area contributed by atoms with E-state index in [-0.39, 0.29) is 0 Å². The molecule has 1 unspecified atom stereocenters. The first kappa shape index (κ1) is 15.4. The lowest BCUT2D eigenvalue weighted by Crippen LogP contribution is -2.29. The van der Waals surface area contributed by atoms with Crippen molar-refractivity contribution in [3.63, 3.8) is 0 Å². The number of thiol groups is 1. The lowest BCUT2D eigenvalue weighted by molar-refractivity contribution is 0.167. The van der Waals surface area contributed by atoms with Crippen molar-refractivity contribution in [1.29, 1.82) is 0 Å². The molecular formula is C10H25NO2SSi. The van der Waals surface area contributed by atoms with Gasteiger partial charge in [0.05, 0.1) is 6.23 Å². The lowest BCUT2D eigenvalue weighted by atomic mass is 10.6. The molecule has 5 heteroatoms. The van der Waals surface area contributed by atoms with E-state index in [0.717, 1.165) is 38.2 Å². The van der Waals surface area contributed by atoms with Crippen LogP contribution >= 0.6 is 12.6 Å². The summed E-state index contributed by atoms with van der Waals surface area (Å²) < 4.78 is 11.3. The maximum atomic E-state index is 5.90. The number of hydrogen-bond donors (Lipinski definition) is 1. The van der Waals surface area contributed by atoms with Gasteiger partial charge in [0.25, 0.3) is 0 Å². The van der Waals surface area contributed by atoms with Crippen LogP contribution in [0.3, 0.4) is 0 Å². The molecule has 0 bridgehead atoms. The van der Waals surface area contributed by atoms with Gasteiger partial charge < -0.3 is 14.1 Å². The number of rotatable bonds is 10. The Labute approximate surface area is 101 Å². The fourth-order valence-electron chi connectivity index (χ4n) is 1.18. The van der Waals surface area contributed by atoms with E-state index >= 15 is 0 Å². The zero-order chi connectivity index (χ0) is 11.5. The monoisotopic (exact) mass is 251 g/mol. The zero-order valence-corrected chi connectivity index (χ0v) is 12.3. The third-order valence-corrected chi connectivity index (χ3v) is 4.77. The molecule has 15 heavy (non-hydrogen) atoms. The van der Waals surface area contributed by atoms with Crippen LogP contribution in [-0.4, -0.2) is 59.8 Å². The molecule has 0 aliphatic heterocycles. The van der Waals surface area contributed by atoms with Crippen LogP contribution < -0.4 is 0 Å². The molecule has 0 N–H and O–H groups in total. The molecule has 0 heterocycles. The molecule has 3 nitrogen and oxygen atoms in total. The van der Waals surface area contributed by atoms with E-state index in [1.54, 1.807) is 0 Å². The molecule has 0 aliphatic carbocycles. The minimum absolute atomic E-state index is 0.793. The van der Waals surface area contributed by atoms with Crippen molar-refractivity contribution in [2.45, 2.75) is 19.4 Å². The standard InChI is InChI=1S/C10H25NO2SSi/c1-4-12-10-15(9-5-8-14)13-7-6-11(2)3/h14-15H,4-10H2,1-3H3. The summed E-state index contributed by atoms with van der Waals surface area (Å²) in [7, 11) is 3.01.